The number of unbranched alkanes of at least 4 members (excludes halogenated alkanes) is 14. The van der Waals surface area contributed by atoms with Gasteiger partial charge in [-0.25, -0.2) is 0 Å². The van der Waals surface area contributed by atoms with Crippen molar-refractivity contribution in [3.63, 3.8) is 0 Å². The summed E-state index contributed by atoms with van der Waals surface area (Å²) in [6, 6.07) is 16.8. The van der Waals surface area contributed by atoms with Crippen molar-refractivity contribution in [1.29, 1.82) is 0 Å². The van der Waals surface area contributed by atoms with Crippen LogP contribution >= 0.6 is 11.6 Å². The van der Waals surface area contributed by atoms with Gasteiger partial charge in [-0.2, -0.15) is 0 Å². The van der Waals surface area contributed by atoms with Gasteiger partial charge in [-0.05, 0) is 59.8 Å². The third kappa shape index (κ3) is 11.1. The lowest BCUT2D eigenvalue weighted by atomic mass is 9.98. The Morgan fingerprint density at radius 2 is 1.13 bits per heavy atom. The molecule has 3 aromatic carbocycles. The van der Waals surface area contributed by atoms with Crippen molar-refractivity contribution >= 4 is 33.1 Å². The van der Waals surface area contributed by atoms with Gasteiger partial charge >= 0.3 is 0 Å². The van der Waals surface area contributed by atoms with Crippen molar-refractivity contribution in [2.75, 3.05) is 19.6 Å². The van der Waals surface area contributed by atoms with E-state index in [0.717, 1.165) is 39.8 Å². The molecule has 0 bridgehead atoms. The molecule has 0 spiro atoms. The Morgan fingerprint density at radius 1 is 0.615 bits per heavy atom. The second-order valence-corrected chi connectivity index (χ2v) is 12.1. The maximum absolute atomic E-state index is 11.4. The minimum Gasteiger partial charge on any atom is -0.387 e. The molecule has 0 aliphatic carbocycles. The fourth-order valence-electron chi connectivity index (χ4n) is 5.86. The Hall–Kier alpha value is -1.61. The lowest BCUT2D eigenvalue weighted by Crippen LogP contribution is -2.31. The zero-order valence-corrected chi connectivity index (χ0v) is 25.7. The first-order valence-corrected chi connectivity index (χ1v) is 16.5. The largest absolute Gasteiger partial charge is 0.387 e. The third-order valence-corrected chi connectivity index (χ3v) is 8.62. The number of hydrogen-bond donors (Lipinski definition) is 1. The van der Waals surface area contributed by atoms with Crippen LogP contribution in [0.25, 0.3) is 21.5 Å². The number of aliphatic hydroxyl groups is 1. The molecule has 216 valence electrons. The van der Waals surface area contributed by atoms with Gasteiger partial charge in [-0.3, -0.25) is 0 Å². The molecular weight excluding hydrogens is 498 g/mol. The van der Waals surface area contributed by atoms with Crippen LogP contribution in [-0.4, -0.2) is 29.6 Å². The average Bonchev–Trinajstić information content (AvgIpc) is 2.95. The Balaban J connectivity index is 1.56. The fourth-order valence-corrected chi connectivity index (χ4v) is 6.15. The molecule has 2 nitrogen and oxygen atoms in total. The molecule has 1 N–H and O–H groups in total. The van der Waals surface area contributed by atoms with Gasteiger partial charge in [0.25, 0.3) is 0 Å². The number of halogens is 1. The number of hydrogen-bond acceptors (Lipinski definition) is 2. The molecule has 0 fully saturated rings. The maximum atomic E-state index is 11.4. The summed E-state index contributed by atoms with van der Waals surface area (Å²) in [6.45, 7) is 7.46. The number of rotatable bonds is 21. The fraction of sp³-hybridized carbons (Fsp3) is 0.611. The highest BCUT2D eigenvalue weighted by molar-refractivity contribution is 6.37. The summed E-state index contributed by atoms with van der Waals surface area (Å²) in [5, 5.41) is 16.7. The van der Waals surface area contributed by atoms with E-state index in [4.69, 9.17) is 11.6 Å². The summed E-state index contributed by atoms with van der Waals surface area (Å²) >= 11 is 6.56. The number of aliphatic hydroxyl groups excluding tert-OH is 1. The molecule has 0 saturated carbocycles. The molecular formula is C36H54ClNO. The van der Waals surface area contributed by atoms with E-state index in [2.05, 4.69) is 55.1 Å². The number of benzene rings is 3. The summed E-state index contributed by atoms with van der Waals surface area (Å²) in [7, 11) is 0. The molecule has 1 atom stereocenters. The van der Waals surface area contributed by atoms with E-state index < -0.39 is 6.10 Å². The Morgan fingerprint density at radius 3 is 1.69 bits per heavy atom. The monoisotopic (exact) mass is 551 g/mol. The highest BCUT2D eigenvalue weighted by Crippen LogP contribution is 2.33. The van der Waals surface area contributed by atoms with Crippen molar-refractivity contribution < 1.29 is 5.11 Å². The summed E-state index contributed by atoms with van der Waals surface area (Å²) in [4.78, 5) is 2.53. The molecule has 0 unspecified atom stereocenters. The zero-order valence-electron chi connectivity index (χ0n) is 24.9. The first-order valence-electron chi connectivity index (χ1n) is 16.1. The molecule has 0 aliphatic heterocycles. The second kappa shape index (κ2) is 18.7. The van der Waals surface area contributed by atoms with Gasteiger partial charge in [0.05, 0.1) is 6.10 Å². The van der Waals surface area contributed by atoms with Crippen LogP contribution in [0.15, 0.2) is 48.5 Å². The topological polar surface area (TPSA) is 23.5 Å². The van der Waals surface area contributed by atoms with E-state index >= 15 is 0 Å². The molecule has 0 amide bonds. The molecule has 0 saturated heterocycles. The van der Waals surface area contributed by atoms with E-state index in [9.17, 15) is 5.11 Å². The van der Waals surface area contributed by atoms with Crippen molar-refractivity contribution in [3.8, 4) is 0 Å². The lowest BCUT2D eigenvalue weighted by Gasteiger charge is -2.26. The van der Waals surface area contributed by atoms with E-state index in [0.29, 0.717) is 6.54 Å². The molecule has 0 aliphatic rings. The molecule has 0 heterocycles. The smallest absolute Gasteiger partial charge is 0.0917 e. The minimum atomic E-state index is -0.480. The van der Waals surface area contributed by atoms with Crippen molar-refractivity contribution in [1.82, 2.24) is 4.90 Å². The number of nitrogens with zero attached hydrogens (tertiary/aromatic N) is 1. The van der Waals surface area contributed by atoms with Crippen molar-refractivity contribution in [2.45, 2.75) is 123 Å². The third-order valence-electron chi connectivity index (χ3n) is 8.31. The van der Waals surface area contributed by atoms with Crippen molar-refractivity contribution in [2.24, 2.45) is 0 Å². The highest BCUT2D eigenvalue weighted by atomic mass is 35.5. The van der Waals surface area contributed by atoms with Crippen LogP contribution in [0.1, 0.15) is 128 Å². The van der Waals surface area contributed by atoms with Crippen LogP contribution in [0.4, 0.5) is 0 Å². The van der Waals surface area contributed by atoms with Crippen LogP contribution in [0, 0.1) is 0 Å². The van der Waals surface area contributed by atoms with Crippen LogP contribution in [-0.2, 0) is 0 Å². The molecule has 3 heteroatoms. The average molecular weight is 552 g/mol. The highest BCUT2D eigenvalue weighted by Gasteiger charge is 2.15. The van der Waals surface area contributed by atoms with Crippen molar-refractivity contribution in [3.05, 3.63) is 59.1 Å². The zero-order chi connectivity index (χ0) is 27.7. The lowest BCUT2D eigenvalue weighted by molar-refractivity contribution is 0.110. The first-order chi connectivity index (χ1) is 19.1. The van der Waals surface area contributed by atoms with E-state index in [1.54, 1.807) is 0 Å². The van der Waals surface area contributed by atoms with Gasteiger partial charge in [0.15, 0.2) is 0 Å². The minimum absolute atomic E-state index is 0.480. The number of fused-ring (bicyclic) bond motifs is 3. The Labute approximate surface area is 244 Å². The maximum Gasteiger partial charge on any atom is 0.0917 e. The summed E-state index contributed by atoms with van der Waals surface area (Å²) in [5.41, 5.74) is 1.01. The quantitative estimate of drug-likeness (QED) is 0.105. The van der Waals surface area contributed by atoms with Crippen LogP contribution in [0.3, 0.4) is 0 Å². The van der Waals surface area contributed by atoms with Gasteiger partial charge in [0.1, 0.15) is 0 Å². The van der Waals surface area contributed by atoms with Gasteiger partial charge in [0.2, 0.25) is 0 Å². The summed E-state index contributed by atoms with van der Waals surface area (Å²) in [5.74, 6) is 0. The predicted octanol–water partition coefficient (Wildman–Crippen LogP) is 11.3. The van der Waals surface area contributed by atoms with Gasteiger partial charge < -0.3 is 10.0 Å². The van der Waals surface area contributed by atoms with Crippen LogP contribution in [0.2, 0.25) is 5.02 Å². The van der Waals surface area contributed by atoms with E-state index in [1.807, 2.05) is 12.1 Å². The first kappa shape index (κ1) is 31.9. The van der Waals surface area contributed by atoms with Gasteiger partial charge in [-0.1, -0.05) is 152 Å². The molecule has 3 aromatic rings. The van der Waals surface area contributed by atoms with Gasteiger partial charge in [-0.15, -0.1) is 0 Å². The summed E-state index contributed by atoms with van der Waals surface area (Å²) in [6.07, 6.45) is 21.0. The standard InChI is InChI=1S/C36H54ClNO/c1-3-5-7-9-11-13-15-19-25-38(26-20-16-14-12-10-8-6-4-2)29-36(39)31-24-23-30-28-35(37)33-22-18-17-21-32(33)34(30)27-31/h17-18,21-24,27-28,36,39H,3-16,19-20,25-26,29H2,1-2H3/t36-/m0/s1. The Bertz CT molecular complexity index is 1060. The second-order valence-electron chi connectivity index (χ2n) is 11.7. The molecule has 39 heavy (non-hydrogen) atoms. The van der Waals surface area contributed by atoms with Crippen LogP contribution in [0.5, 0.6) is 0 Å². The molecule has 0 radical (unpaired) electrons. The Kier molecular flexibility index (Phi) is 15.3. The molecule has 0 aromatic heterocycles. The van der Waals surface area contributed by atoms with Crippen LogP contribution < -0.4 is 0 Å². The molecule has 3 rings (SSSR count). The predicted molar refractivity (Wildman–Crippen MR) is 173 cm³/mol. The van der Waals surface area contributed by atoms with E-state index in [1.165, 1.54) is 108 Å². The van der Waals surface area contributed by atoms with Gasteiger partial charge in [0, 0.05) is 17.0 Å². The normalized spacial score (nSPS) is 12.6. The SMILES string of the molecule is CCCCCCCCCCN(CCCCCCCCCC)C[C@H](O)c1ccc2cc(Cl)c3ccccc3c2c1. The van der Waals surface area contributed by atoms with E-state index in [-0.39, 0.29) is 0 Å². The summed E-state index contributed by atoms with van der Waals surface area (Å²) < 4.78 is 0.